The van der Waals surface area contributed by atoms with Gasteiger partial charge in [0.25, 0.3) is 5.69 Å². The maximum Gasteiger partial charge on any atom is 0.336 e. The zero-order valence-corrected chi connectivity index (χ0v) is 8.06. The molecule has 6 nitrogen and oxygen atoms in total. The third-order valence-electron chi connectivity index (χ3n) is 2.11. The van der Waals surface area contributed by atoms with Gasteiger partial charge in [-0.25, -0.2) is 4.79 Å². The first kappa shape index (κ1) is 11.0. The summed E-state index contributed by atoms with van der Waals surface area (Å²) in [5.41, 5.74) is 5.53. The van der Waals surface area contributed by atoms with E-state index in [0.29, 0.717) is 12.0 Å². The molecule has 1 aromatic rings. The molecule has 0 aliphatic carbocycles. The van der Waals surface area contributed by atoms with Crippen LogP contribution in [0, 0.1) is 10.1 Å². The number of nitro benzene ring substituents is 1. The van der Waals surface area contributed by atoms with Crippen LogP contribution in [0.25, 0.3) is 0 Å². The predicted octanol–water partition coefficient (Wildman–Crippen LogP) is 1.44. The van der Waals surface area contributed by atoms with E-state index in [2.05, 4.69) is 0 Å². The van der Waals surface area contributed by atoms with Crippen LogP contribution in [0.3, 0.4) is 0 Å². The third kappa shape index (κ3) is 1.88. The van der Waals surface area contributed by atoms with E-state index in [1.807, 2.05) is 0 Å². The molecule has 0 unspecified atom stereocenters. The van der Waals surface area contributed by atoms with Gasteiger partial charge in [0, 0.05) is 6.07 Å². The van der Waals surface area contributed by atoms with E-state index in [0.717, 1.165) is 6.07 Å². The Kier molecular flexibility index (Phi) is 2.89. The Hall–Kier alpha value is -2.11. The van der Waals surface area contributed by atoms with E-state index in [1.165, 1.54) is 6.07 Å². The lowest BCUT2D eigenvalue weighted by Gasteiger charge is -2.07. The number of hydrogen-bond donors (Lipinski definition) is 2. The quantitative estimate of drug-likeness (QED) is 0.446. The van der Waals surface area contributed by atoms with Gasteiger partial charge < -0.3 is 10.8 Å². The number of anilines is 1. The molecule has 80 valence electrons. The number of nitrogens with two attached hydrogens (primary N) is 1. The Bertz CT molecular complexity index is 428. The molecule has 0 aliphatic rings. The maximum absolute atomic E-state index is 10.8. The van der Waals surface area contributed by atoms with E-state index in [4.69, 9.17) is 10.8 Å². The average Bonchev–Trinajstić information content (AvgIpc) is 2.16. The van der Waals surface area contributed by atoms with Crippen molar-refractivity contribution in [2.45, 2.75) is 13.3 Å². The molecule has 0 atom stereocenters. The number of hydrogen-bond acceptors (Lipinski definition) is 4. The molecular formula is C9H10N2O4. The predicted molar refractivity (Wildman–Crippen MR) is 53.8 cm³/mol. The van der Waals surface area contributed by atoms with Crippen LogP contribution < -0.4 is 5.73 Å². The largest absolute Gasteiger partial charge is 0.478 e. The van der Waals surface area contributed by atoms with Crippen LogP contribution in [0.15, 0.2) is 12.1 Å². The van der Waals surface area contributed by atoms with E-state index < -0.39 is 10.9 Å². The Morgan fingerprint density at radius 3 is 2.60 bits per heavy atom. The van der Waals surface area contributed by atoms with Gasteiger partial charge in [-0.3, -0.25) is 10.1 Å². The molecule has 1 rings (SSSR count). The SMILES string of the molecule is CCc1c(C(=O)O)ccc([N+](=O)[O-])c1N. The van der Waals surface area contributed by atoms with Gasteiger partial charge in [-0.15, -0.1) is 0 Å². The highest BCUT2D eigenvalue weighted by atomic mass is 16.6. The second-order valence-electron chi connectivity index (χ2n) is 2.94. The van der Waals surface area contributed by atoms with Crippen molar-refractivity contribution in [3.63, 3.8) is 0 Å². The van der Waals surface area contributed by atoms with Crippen LogP contribution in [0.5, 0.6) is 0 Å². The van der Waals surface area contributed by atoms with E-state index in [-0.39, 0.29) is 16.9 Å². The van der Waals surface area contributed by atoms with Gasteiger partial charge in [0.1, 0.15) is 5.69 Å². The lowest BCUT2D eigenvalue weighted by Crippen LogP contribution is -2.07. The summed E-state index contributed by atoms with van der Waals surface area (Å²) in [5.74, 6) is -1.13. The van der Waals surface area contributed by atoms with Crippen molar-refractivity contribution in [2.24, 2.45) is 0 Å². The molecule has 6 heteroatoms. The molecule has 0 aromatic heterocycles. The van der Waals surface area contributed by atoms with Crippen LogP contribution in [0.1, 0.15) is 22.8 Å². The normalized spacial score (nSPS) is 9.93. The second-order valence-corrected chi connectivity index (χ2v) is 2.94. The summed E-state index contributed by atoms with van der Waals surface area (Å²) in [4.78, 5) is 20.7. The summed E-state index contributed by atoms with van der Waals surface area (Å²) in [6, 6.07) is 2.31. The number of benzene rings is 1. The van der Waals surface area contributed by atoms with Crippen molar-refractivity contribution >= 4 is 17.3 Å². The van der Waals surface area contributed by atoms with Crippen molar-refractivity contribution in [3.05, 3.63) is 33.4 Å². The molecule has 0 spiro atoms. The van der Waals surface area contributed by atoms with Gasteiger partial charge in [-0.2, -0.15) is 0 Å². The summed E-state index contributed by atoms with van der Waals surface area (Å²) >= 11 is 0. The number of nitro groups is 1. The Morgan fingerprint density at radius 1 is 1.60 bits per heavy atom. The van der Waals surface area contributed by atoms with Crippen molar-refractivity contribution in [2.75, 3.05) is 5.73 Å². The Labute approximate surface area is 85.5 Å². The molecule has 0 radical (unpaired) electrons. The zero-order valence-electron chi connectivity index (χ0n) is 8.06. The smallest absolute Gasteiger partial charge is 0.336 e. The van der Waals surface area contributed by atoms with Crippen molar-refractivity contribution in [1.82, 2.24) is 0 Å². The number of carbonyl (C=O) groups is 1. The summed E-state index contributed by atoms with van der Waals surface area (Å²) in [6.07, 6.45) is 0.342. The van der Waals surface area contributed by atoms with Crippen LogP contribution in [0.2, 0.25) is 0 Å². The zero-order chi connectivity index (χ0) is 11.6. The molecule has 0 saturated carbocycles. The van der Waals surface area contributed by atoms with Gasteiger partial charge in [0.15, 0.2) is 0 Å². The molecule has 0 saturated heterocycles. The fourth-order valence-corrected chi connectivity index (χ4v) is 1.39. The summed E-state index contributed by atoms with van der Waals surface area (Å²) in [5, 5.41) is 19.4. The molecule has 0 bridgehead atoms. The number of carboxylic acids is 1. The number of nitrogens with zero attached hydrogens (tertiary/aromatic N) is 1. The fraction of sp³-hybridized carbons (Fsp3) is 0.222. The van der Waals surface area contributed by atoms with Crippen molar-refractivity contribution in [3.8, 4) is 0 Å². The number of nitrogen functional groups attached to an aromatic ring is 1. The highest BCUT2D eigenvalue weighted by Gasteiger charge is 2.19. The van der Waals surface area contributed by atoms with Gasteiger partial charge >= 0.3 is 5.97 Å². The highest BCUT2D eigenvalue weighted by Crippen LogP contribution is 2.28. The lowest BCUT2D eigenvalue weighted by molar-refractivity contribution is -0.383. The van der Waals surface area contributed by atoms with Gasteiger partial charge in [0.05, 0.1) is 10.5 Å². The average molecular weight is 210 g/mol. The van der Waals surface area contributed by atoms with Gasteiger partial charge in [0.2, 0.25) is 0 Å². The summed E-state index contributed by atoms with van der Waals surface area (Å²) < 4.78 is 0. The van der Waals surface area contributed by atoms with Crippen molar-refractivity contribution < 1.29 is 14.8 Å². The standard InChI is InChI=1S/C9H10N2O4/c1-2-5-6(9(12)13)3-4-7(8(5)10)11(14)15/h3-4H,2,10H2,1H3,(H,12,13). The molecule has 0 fully saturated rings. The minimum absolute atomic E-state index is 0.0144. The Balaban J connectivity index is 3.45. The van der Waals surface area contributed by atoms with Crippen LogP contribution in [-0.2, 0) is 6.42 Å². The minimum Gasteiger partial charge on any atom is -0.478 e. The second kappa shape index (κ2) is 3.95. The topological polar surface area (TPSA) is 106 Å². The fourth-order valence-electron chi connectivity index (χ4n) is 1.39. The first-order valence-electron chi connectivity index (χ1n) is 4.28. The Morgan fingerprint density at radius 2 is 2.20 bits per heavy atom. The first-order valence-corrected chi connectivity index (χ1v) is 4.28. The molecule has 1 aromatic carbocycles. The van der Waals surface area contributed by atoms with Crippen LogP contribution >= 0.6 is 0 Å². The van der Waals surface area contributed by atoms with Gasteiger partial charge in [-0.05, 0) is 18.1 Å². The molecule has 0 amide bonds. The maximum atomic E-state index is 10.8. The molecule has 0 aliphatic heterocycles. The highest BCUT2D eigenvalue weighted by molar-refractivity contribution is 5.92. The van der Waals surface area contributed by atoms with E-state index in [1.54, 1.807) is 6.92 Å². The van der Waals surface area contributed by atoms with Crippen molar-refractivity contribution in [1.29, 1.82) is 0 Å². The molecule has 0 heterocycles. The van der Waals surface area contributed by atoms with Gasteiger partial charge in [-0.1, -0.05) is 6.92 Å². The molecule has 15 heavy (non-hydrogen) atoms. The van der Waals surface area contributed by atoms with Crippen LogP contribution in [0.4, 0.5) is 11.4 Å². The van der Waals surface area contributed by atoms with E-state index >= 15 is 0 Å². The van der Waals surface area contributed by atoms with Crippen LogP contribution in [-0.4, -0.2) is 16.0 Å². The number of rotatable bonds is 3. The third-order valence-corrected chi connectivity index (χ3v) is 2.11. The molecular weight excluding hydrogens is 200 g/mol. The summed E-state index contributed by atoms with van der Waals surface area (Å²) in [6.45, 7) is 1.70. The summed E-state index contributed by atoms with van der Waals surface area (Å²) in [7, 11) is 0. The van der Waals surface area contributed by atoms with E-state index in [9.17, 15) is 14.9 Å². The number of aromatic carboxylic acids is 1. The number of carboxylic acid groups (broad SMARTS) is 1. The minimum atomic E-state index is -1.13. The molecule has 3 N–H and O–H groups in total. The monoisotopic (exact) mass is 210 g/mol. The first-order chi connectivity index (χ1) is 6.99. The lowest BCUT2D eigenvalue weighted by atomic mass is 10.0.